The Kier molecular flexibility index (Phi) is 7.72. The van der Waals surface area contributed by atoms with Gasteiger partial charge in [0, 0.05) is 7.05 Å². The van der Waals surface area contributed by atoms with E-state index in [0.29, 0.717) is 22.3 Å². The molecule has 0 saturated carbocycles. The number of nitrogen functional groups attached to an aromatic ring is 1. The van der Waals surface area contributed by atoms with Crippen LogP contribution in [0.4, 0.5) is 11.6 Å². The summed E-state index contributed by atoms with van der Waals surface area (Å²) in [5.74, 6) is 0.418. The van der Waals surface area contributed by atoms with Gasteiger partial charge in [-0.25, -0.2) is 35.0 Å². The van der Waals surface area contributed by atoms with Crippen LogP contribution < -0.4 is 10.8 Å². The van der Waals surface area contributed by atoms with Crippen molar-refractivity contribution in [2.75, 3.05) is 31.1 Å². The molecule has 4 aromatic heterocycles. The van der Waals surface area contributed by atoms with Crippen LogP contribution in [0, 0.1) is 0 Å². The second-order valence-electron chi connectivity index (χ2n) is 9.09. The van der Waals surface area contributed by atoms with E-state index in [4.69, 9.17) is 25.4 Å². The molecule has 0 radical (unpaired) electrons. The molecule has 4 aromatic rings. The Hall–Kier alpha value is -3.66. The Balaban J connectivity index is 0.000000162. The molecule has 6 rings (SSSR count). The molecule has 2 saturated heterocycles. The van der Waals surface area contributed by atoms with Gasteiger partial charge >= 0.3 is 0 Å². The van der Waals surface area contributed by atoms with Crippen LogP contribution in [0.25, 0.3) is 22.3 Å². The number of hydrogen-bond donors (Lipinski definition) is 8. The fourth-order valence-corrected chi connectivity index (χ4v) is 4.54. The number of anilines is 2. The molecule has 0 spiro atoms. The fourth-order valence-electron chi connectivity index (χ4n) is 4.54. The van der Waals surface area contributed by atoms with Gasteiger partial charge < -0.3 is 45.8 Å². The molecule has 40 heavy (non-hydrogen) atoms. The monoisotopic (exact) mass is 564 g/mol. The van der Waals surface area contributed by atoms with E-state index < -0.39 is 62.3 Å². The molecule has 0 amide bonds. The number of ether oxygens (including phenoxy) is 2. The zero-order valence-corrected chi connectivity index (χ0v) is 20.9. The highest BCUT2D eigenvalue weighted by atomic mass is 16.6. The van der Waals surface area contributed by atoms with Crippen molar-refractivity contribution in [1.29, 1.82) is 0 Å². The smallest absolute Gasteiger partial charge is 0.183 e. The lowest BCUT2D eigenvalue weighted by molar-refractivity contribution is -0.0511. The molecule has 2 aliphatic heterocycles. The summed E-state index contributed by atoms with van der Waals surface area (Å²) >= 11 is 0. The SMILES string of the molecule is CN(O)c1ncnc2c1ncn2[C@@H]1O[C@H](CO)[C@@H](O)[C@H]1O.Nc1ncnc2c1ncn2[C@@H]1O[C@H](CO)[C@@H](O)[C@H]1O. The Labute approximate surface area is 224 Å². The molecule has 216 valence electrons. The number of imidazole rings is 2. The lowest BCUT2D eigenvalue weighted by atomic mass is 10.1. The fraction of sp³-hybridized carbons (Fsp3) is 0.524. The van der Waals surface area contributed by atoms with Crippen molar-refractivity contribution in [1.82, 2.24) is 39.0 Å². The summed E-state index contributed by atoms with van der Waals surface area (Å²) in [5, 5.41) is 68.0. The molecule has 2 fully saturated rings. The number of rotatable bonds is 5. The Morgan fingerprint density at radius 2 is 1.23 bits per heavy atom. The summed E-state index contributed by atoms with van der Waals surface area (Å²) < 4.78 is 13.7. The number of aliphatic hydroxyl groups excluding tert-OH is 6. The van der Waals surface area contributed by atoms with Crippen LogP contribution in [0.2, 0.25) is 0 Å². The molecule has 0 bridgehead atoms. The molecule has 8 atom stereocenters. The third kappa shape index (κ3) is 4.68. The molecular weight excluding hydrogens is 536 g/mol. The van der Waals surface area contributed by atoms with E-state index in [1.54, 1.807) is 0 Å². The number of hydroxylamine groups is 1. The molecule has 9 N–H and O–H groups in total. The number of aromatic nitrogens is 8. The maximum Gasteiger partial charge on any atom is 0.183 e. The average molecular weight is 565 g/mol. The van der Waals surface area contributed by atoms with Crippen LogP contribution in [0.15, 0.2) is 25.3 Å². The van der Waals surface area contributed by atoms with Gasteiger partial charge in [0.1, 0.15) is 54.8 Å². The van der Waals surface area contributed by atoms with Gasteiger partial charge in [0.15, 0.2) is 40.9 Å². The Morgan fingerprint density at radius 3 is 1.70 bits per heavy atom. The average Bonchev–Trinajstić information content (AvgIpc) is 3.70. The standard InChI is InChI=1S/C11H15N5O5.C10H13N5O4/c1-15(20)9-6-10(13-3-12-9)16(4-14-6)11-8(19)7(18)5(2-17)21-11;11-8-5-9(13-2-12-8)15(3-14-5)10-7(18)6(17)4(1-16)19-10/h3-5,7-8,11,17-20H,2H2,1H3;2-4,6-7,10,16-18H,1H2,(H2,11,12,13)/t5-,7-,8-,11-;4-,6-,7-,10-/m11/s1. The van der Waals surface area contributed by atoms with E-state index in [9.17, 15) is 25.6 Å². The number of hydrogen-bond acceptors (Lipinski definition) is 17. The lowest BCUT2D eigenvalue weighted by Gasteiger charge is -2.16. The molecule has 0 aromatic carbocycles. The van der Waals surface area contributed by atoms with E-state index in [1.165, 1.54) is 41.5 Å². The summed E-state index contributed by atoms with van der Waals surface area (Å²) in [5.41, 5.74) is 7.09. The highest BCUT2D eigenvalue weighted by Gasteiger charge is 2.45. The minimum absolute atomic E-state index is 0.200. The molecule has 19 heteroatoms. The van der Waals surface area contributed by atoms with E-state index in [0.717, 1.165) is 5.06 Å². The van der Waals surface area contributed by atoms with Crippen molar-refractivity contribution in [2.45, 2.75) is 49.1 Å². The number of fused-ring (bicyclic) bond motifs is 2. The van der Waals surface area contributed by atoms with Gasteiger partial charge in [0.2, 0.25) is 0 Å². The van der Waals surface area contributed by atoms with Gasteiger partial charge in [0.05, 0.1) is 25.9 Å². The van der Waals surface area contributed by atoms with Crippen molar-refractivity contribution in [3.05, 3.63) is 25.3 Å². The minimum Gasteiger partial charge on any atom is -0.394 e. The second kappa shape index (κ2) is 11.1. The van der Waals surface area contributed by atoms with Gasteiger partial charge in [-0.05, 0) is 0 Å². The summed E-state index contributed by atoms with van der Waals surface area (Å²) in [6, 6.07) is 0. The van der Waals surface area contributed by atoms with Crippen molar-refractivity contribution in [3.8, 4) is 0 Å². The molecular formula is C21H28N10O9. The van der Waals surface area contributed by atoms with Gasteiger partial charge in [-0.1, -0.05) is 0 Å². The third-order valence-corrected chi connectivity index (χ3v) is 6.62. The summed E-state index contributed by atoms with van der Waals surface area (Å²) in [7, 11) is 1.40. The summed E-state index contributed by atoms with van der Waals surface area (Å²) in [6.07, 6.45) is -3.08. The van der Waals surface area contributed by atoms with Crippen LogP contribution in [-0.2, 0) is 9.47 Å². The van der Waals surface area contributed by atoms with E-state index in [-0.39, 0.29) is 11.6 Å². The van der Waals surface area contributed by atoms with Gasteiger partial charge in [-0.15, -0.1) is 0 Å². The Bertz CT molecular complexity index is 1470. The zero-order valence-electron chi connectivity index (χ0n) is 20.9. The molecule has 0 unspecified atom stereocenters. The first-order valence-corrected chi connectivity index (χ1v) is 12.0. The van der Waals surface area contributed by atoms with Gasteiger partial charge in [0.25, 0.3) is 0 Å². The summed E-state index contributed by atoms with van der Waals surface area (Å²) in [6.45, 7) is -0.806. The first kappa shape index (κ1) is 27.9. The lowest BCUT2D eigenvalue weighted by Crippen LogP contribution is -2.33. The number of nitrogens with zero attached hydrogens (tertiary/aromatic N) is 9. The zero-order chi connectivity index (χ0) is 28.7. The molecule has 19 nitrogen and oxygen atoms in total. The van der Waals surface area contributed by atoms with E-state index in [1.807, 2.05) is 0 Å². The van der Waals surface area contributed by atoms with E-state index in [2.05, 4.69) is 29.9 Å². The van der Waals surface area contributed by atoms with Crippen molar-refractivity contribution in [2.24, 2.45) is 0 Å². The van der Waals surface area contributed by atoms with Crippen molar-refractivity contribution in [3.63, 3.8) is 0 Å². The predicted molar refractivity (Wildman–Crippen MR) is 131 cm³/mol. The highest BCUT2D eigenvalue weighted by molar-refractivity contribution is 5.82. The van der Waals surface area contributed by atoms with Crippen molar-refractivity contribution < 1.29 is 45.3 Å². The van der Waals surface area contributed by atoms with Crippen LogP contribution in [0.1, 0.15) is 12.5 Å². The normalized spacial score (nSPS) is 30.1. The molecule has 0 aliphatic carbocycles. The third-order valence-electron chi connectivity index (χ3n) is 6.62. The number of aliphatic hydroxyl groups is 6. The molecule has 2 aliphatic rings. The van der Waals surface area contributed by atoms with Gasteiger partial charge in [-0.3, -0.25) is 14.3 Å². The second-order valence-corrected chi connectivity index (χ2v) is 9.09. The Morgan fingerprint density at radius 1 is 0.750 bits per heavy atom. The van der Waals surface area contributed by atoms with Gasteiger partial charge in [-0.2, -0.15) is 0 Å². The van der Waals surface area contributed by atoms with Crippen LogP contribution in [0.5, 0.6) is 0 Å². The van der Waals surface area contributed by atoms with E-state index >= 15 is 0 Å². The van der Waals surface area contributed by atoms with Crippen LogP contribution in [0.3, 0.4) is 0 Å². The molecule has 6 heterocycles. The van der Waals surface area contributed by atoms with Crippen LogP contribution in [-0.4, -0.2) is 132 Å². The maximum atomic E-state index is 10.0. The largest absolute Gasteiger partial charge is 0.394 e. The maximum absolute atomic E-state index is 10.0. The quantitative estimate of drug-likeness (QED) is 0.108. The first-order valence-electron chi connectivity index (χ1n) is 12.0. The first-order chi connectivity index (χ1) is 19.2. The highest BCUT2D eigenvalue weighted by Crippen LogP contribution is 2.33. The number of nitrogens with two attached hydrogens (primary N) is 1. The van der Waals surface area contributed by atoms with Crippen molar-refractivity contribution >= 4 is 34.0 Å². The minimum atomic E-state index is -1.23. The summed E-state index contributed by atoms with van der Waals surface area (Å²) in [4.78, 5) is 24.0. The predicted octanol–water partition coefficient (Wildman–Crippen LogP) is -3.72. The topological polar surface area (TPSA) is 277 Å². The van der Waals surface area contributed by atoms with Crippen LogP contribution >= 0.6 is 0 Å².